The van der Waals surface area contributed by atoms with Gasteiger partial charge in [-0.15, -0.1) is 0 Å². The van der Waals surface area contributed by atoms with E-state index in [1.165, 1.54) is 60.4 Å². The summed E-state index contributed by atoms with van der Waals surface area (Å²) >= 11 is 0. The Bertz CT molecular complexity index is 1750. The molecule has 150 valence electrons. The van der Waals surface area contributed by atoms with Crippen LogP contribution in [0.3, 0.4) is 0 Å². The lowest BCUT2D eigenvalue weighted by atomic mass is 10.1. The van der Waals surface area contributed by atoms with Crippen molar-refractivity contribution in [1.82, 2.24) is 9.55 Å². The Morgan fingerprint density at radius 2 is 1.12 bits per heavy atom. The van der Waals surface area contributed by atoms with Crippen LogP contribution >= 0.6 is 0 Å². The zero-order valence-electron chi connectivity index (χ0n) is 17.4. The minimum Gasteiger partial charge on any atom is -0.354 e. The molecule has 0 aliphatic carbocycles. The van der Waals surface area contributed by atoms with E-state index in [1.54, 1.807) is 0 Å². The zero-order chi connectivity index (χ0) is 21.1. The third-order valence-corrected chi connectivity index (χ3v) is 6.53. The molecule has 0 aliphatic rings. The fourth-order valence-electron chi connectivity index (χ4n) is 5.03. The fourth-order valence-corrected chi connectivity index (χ4v) is 5.03. The standard InChI is InChI=1S/C30H20N2/c1-2-8-20(9-3-1)21-14-16-22(17-15-21)32-29-13-7-5-11-24(29)26-18-25-23-10-4-6-12-27(23)31-28(25)19-30(26)32/h1-19,31H. The molecule has 0 saturated heterocycles. The third-order valence-electron chi connectivity index (χ3n) is 6.53. The van der Waals surface area contributed by atoms with Crippen molar-refractivity contribution in [2.75, 3.05) is 0 Å². The second-order valence-corrected chi connectivity index (χ2v) is 8.35. The molecular weight excluding hydrogens is 388 g/mol. The van der Waals surface area contributed by atoms with Gasteiger partial charge in [0, 0.05) is 38.3 Å². The Morgan fingerprint density at radius 1 is 0.438 bits per heavy atom. The summed E-state index contributed by atoms with van der Waals surface area (Å²) < 4.78 is 2.38. The molecule has 0 aliphatic heterocycles. The van der Waals surface area contributed by atoms with E-state index in [0.29, 0.717) is 0 Å². The van der Waals surface area contributed by atoms with Crippen molar-refractivity contribution < 1.29 is 0 Å². The third kappa shape index (κ3) is 2.47. The number of aromatic nitrogens is 2. The first-order valence-corrected chi connectivity index (χ1v) is 11.0. The first-order valence-electron chi connectivity index (χ1n) is 11.0. The van der Waals surface area contributed by atoms with Gasteiger partial charge in [0.1, 0.15) is 0 Å². The number of rotatable bonds is 2. The van der Waals surface area contributed by atoms with Gasteiger partial charge in [-0.3, -0.25) is 0 Å². The molecule has 0 fully saturated rings. The fraction of sp³-hybridized carbons (Fsp3) is 0. The predicted octanol–water partition coefficient (Wildman–Crippen LogP) is 8.09. The Hall–Kier alpha value is -4.30. The molecule has 0 atom stereocenters. The molecule has 0 unspecified atom stereocenters. The number of hydrogen-bond donors (Lipinski definition) is 1. The van der Waals surface area contributed by atoms with Crippen molar-refractivity contribution in [3.05, 3.63) is 115 Å². The summed E-state index contributed by atoms with van der Waals surface area (Å²) in [6.45, 7) is 0. The van der Waals surface area contributed by atoms with Gasteiger partial charge in [-0.1, -0.05) is 78.9 Å². The minimum atomic E-state index is 1.17. The Labute approximate surface area is 185 Å². The molecule has 2 nitrogen and oxygen atoms in total. The molecule has 1 N–H and O–H groups in total. The van der Waals surface area contributed by atoms with E-state index in [1.807, 2.05) is 0 Å². The lowest BCUT2D eigenvalue weighted by Gasteiger charge is -2.09. The molecule has 2 aromatic heterocycles. The summed E-state index contributed by atoms with van der Waals surface area (Å²) in [5.41, 5.74) is 8.44. The van der Waals surface area contributed by atoms with Gasteiger partial charge < -0.3 is 9.55 Å². The van der Waals surface area contributed by atoms with Gasteiger partial charge in [0.2, 0.25) is 0 Å². The summed E-state index contributed by atoms with van der Waals surface area (Å²) in [4.78, 5) is 3.61. The summed E-state index contributed by atoms with van der Waals surface area (Å²) in [5, 5.41) is 5.11. The summed E-state index contributed by atoms with van der Waals surface area (Å²) in [6.07, 6.45) is 0. The molecule has 0 amide bonds. The van der Waals surface area contributed by atoms with E-state index in [4.69, 9.17) is 0 Å². The van der Waals surface area contributed by atoms with Crippen LogP contribution in [0.25, 0.3) is 60.4 Å². The second-order valence-electron chi connectivity index (χ2n) is 8.35. The number of aromatic amines is 1. The maximum atomic E-state index is 3.61. The Kier molecular flexibility index (Phi) is 3.58. The number of para-hydroxylation sites is 2. The molecule has 5 aromatic carbocycles. The molecule has 7 rings (SSSR count). The van der Waals surface area contributed by atoms with Gasteiger partial charge >= 0.3 is 0 Å². The van der Waals surface area contributed by atoms with E-state index in [9.17, 15) is 0 Å². The molecule has 2 heterocycles. The lowest BCUT2D eigenvalue weighted by molar-refractivity contribution is 1.18. The van der Waals surface area contributed by atoms with E-state index < -0.39 is 0 Å². The van der Waals surface area contributed by atoms with Crippen LogP contribution in [0.2, 0.25) is 0 Å². The van der Waals surface area contributed by atoms with Crippen molar-refractivity contribution in [3.8, 4) is 16.8 Å². The lowest BCUT2D eigenvalue weighted by Crippen LogP contribution is -1.93. The van der Waals surface area contributed by atoms with Crippen LogP contribution in [-0.4, -0.2) is 9.55 Å². The maximum Gasteiger partial charge on any atom is 0.0562 e. The smallest absolute Gasteiger partial charge is 0.0562 e. The molecule has 7 aromatic rings. The van der Waals surface area contributed by atoms with Crippen LogP contribution in [0, 0.1) is 0 Å². The number of H-pyrrole nitrogens is 1. The van der Waals surface area contributed by atoms with Gasteiger partial charge in [-0.25, -0.2) is 0 Å². The van der Waals surface area contributed by atoms with Crippen molar-refractivity contribution in [1.29, 1.82) is 0 Å². The summed E-state index contributed by atoms with van der Waals surface area (Å²) in [6, 6.07) is 41.3. The van der Waals surface area contributed by atoms with Gasteiger partial charge in [0.05, 0.1) is 11.0 Å². The first kappa shape index (κ1) is 17.4. The van der Waals surface area contributed by atoms with Gasteiger partial charge in [0.15, 0.2) is 0 Å². The van der Waals surface area contributed by atoms with Crippen molar-refractivity contribution in [3.63, 3.8) is 0 Å². The average Bonchev–Trinajstić information content (AvgIpc) is 3.38. The van der Waals surface area contributed by atoms with Crippen LogP contribution in [0.4, 0.5) is 0 Å². The van der Waals surface area contributed by atoms with Crippen LogP contribution in [0.1, 0.15) is 0 Å². The maximum absolute atomic E-state index is 3.61. The van der Waals surface area contributed by atoms with Crippen LogP contribution in [-0.2, 0) is 0 Å². The summed E-state index contributed by atoms with van der Waals surface area (Å²) in [7, 11) is 0. The molecule has 2 heteroatoms. The monoisotopic (exact) mass is 408 g/mol. The summed E-state index contributed by atoms with van der Waals surface area (Å²) in [5.74, 6) is 0. The number of fused-ring (bicyclic) bond motifs is 6. The number of hydrogen-bond acceptors (Lipinski definition) is 0. The van der Waals surface area contributed by atoms with Gasteiger partial charge in [-0.2, -0.15) is 0 Å². The zero-order valence-corrected chi connectivity index (χ0v) is 17.4. The topological polar surface area (TPSA) is 20.7 Å². The Balaban J connectivity index is 1.51. The largest absolute Gasteiger partial charge is 0.354 e. The number of nitrogens with one attached hydrogen (secondary N) is 1. The minimum absolute atomic E-state index is 1.17. The quantitative estimate of drug-likeness (QED) is 0.298. The number of nitrogens with zero attached hydrogens (tertiary/aromatic N) is 1. The molecular formula is C30H20N2. The predicted molar refractivity (Wildman–Crippen MR) is 136 cm³/mol. The van der Waals surface area contributed by atoms with Crippen LogP contribution in [0.5, 0.6) is 0 Å². The van der Waals surface area contributed by atoms with Crippen molar-refractivity contribution >= 4 is 43.6 Å². The Morgan fingerprint density at radius 3 is 1.97 bits per heavy atom. The molecule has 0 bridgehead atoms. The van der Waals surface area contributed by atoms with E-state index in [0.717, 1.165) is 0 Å². The van der Waals surface area contributed by atoms with E-state index in [-0.39, 0.29) is 0 Å². The highest BCUT2D eigenvalue weighted by Crippen LogP contribution is 2.37. The highest BCUT2D eigenvalue weighted by atomic mass is 15.0. The first-order chi connectivity index (χ1) is 15.9. The molecule has 0 spiro atoms. The highest BCUT2D eigenvalue weighted by Gasteiger charge is 2.15. The molecule has 0 saturated carbocycles. The number of benzene rings is 5. The normalized spacial score (nSPS) is 11.8. The molecule has 0 radical (unpaired) electrons. The average molecular weight is 409 g/mol. The SMILES string of the molecule is c1ccc(-c2ccc(-n3c4ccccc4c4cc5c(cc43)[nH]c3ccccc35)cc2)cc1. The van der Waals surface area contributed by atoms with E-state index in [2.05, 4.69) is 125 Å². The van der Waals surface area contributed by atoms with Crippen LogP contribution in [0.15, 0.2) is 115 Å². The van der Waals surface area contributed by atoms with Crippen LogP contribution < -0.4 is 0 Å². The second kappa shape index (κ2) is 6.60. The molecule has 32 heavy (non-hydrogen) atoms. The van der Waals surface area contributed by atoms with Crippen molar-refractivity contribution in [2.45, 2.75) is 0 Å². The highest BCUT2D eigenvalue weighted by molar-refractivity contribution is 6.18. The van der Waals surface area contributed by atoms with E-state index >= 15 is 0 Å². The van der Waals surface area contributed by atoms with Gasteiger partial charge in [0.25, 0.3) is 0 Å². The van der Waals surface area contributed by atoms with Gasteiger partial charge in [-0.05, 0) is 47.5 Å². The van der Waals surface area contributed by atoms with Crippen molar-refractivity contribution in [2.24, 2.45) is 0 Å².